The highest BCUT2D eigenvalue weighted by Gasteiger charge is 2.20. The maximum absolute atomic E-state index is 12.4. The summed E-state index contributed by atoms with van der Waals surface area (Å²) in [6, 6.07) is 32.1. The molecule has 0 saturated heterocycles. The van der Waals surface area contributed by atoms with Gasteiger partial charge in [0.25, 0.3) is 22.2 Å². The third kappa shape index (κ3) is 5.09. The van der Waals surface area contributed by atoms with Gasteiger partial charge < -0.3 is 0 Å². The second-order valence-corrected chi connectivity index (χ2v) is 11.2. The Morgan fingerprint density at radius 1 is 0.326 bits per heavy atom. The third-order valence-corrected chi connectivity index (χ3v) is 7.99. The number of hydrogen-bond donors (Lipinski definition) is 0. The summed E-state index contributed by atoms with van der Waals surface area (Å²) in [6.45, 7) is 0. The Bertz CT molecular complexity index is 2480. The molecule has 8 rings (SSSR count). The average Bonchev–Trinajstić information content (AvgIpc) is 3.81. The van der Waals surface area contributed by atoms with Crippen LogP contribution in [0.15, 0.2) is 128 Å². The molecular weight excluding hydrogens is 623 g/mol. The number of halogens is 2. The van der Waals surface area contributed by atoms with Gasteiger partial charge in [-0.1, -0.05) is 108 Å². The number of aromatic nitrogens is 4. The van der Waals surface area contributed by atoms with Crippen LogP contribution >= 0.6 is 23.2 Å². The molecule has 0 bridgehead atoms. The number of hydrogen-bond acceptors (Lipinski definition) is 8. The van der Waals surface area contributed by atoms with Crippen LogP contribution in [0, 0.1) is 20.9 Å². The molecule has 0 saturated carbocycles. The van der Waals surface area contributed by atoms with Crippen molar-refractivity contribution in [2.75, 3.05) is 0 Å². The summed E-state index contributed by atoms with van der Waals surface area (Å²) >= 11 is 11.8. The summed E-state index contributed by atoms with van der Waals surface area (Å²) in [5.41, 5.74) is 2.58. The van der Waals surface area contributed by atoms with E-state index in [1.807, 2.05) is 60.7 Å². The molecule has 4 heterocycles. The molecule has 0 N–H and O–H groups in total. The minimum atomic E-state index is -0.463. The highest BCUT2D eigenvalue weighted by Crippen LogP contribution is 2.25. The molecule has 0 unspecified atom stereocenters. The van der Waals surface area contributed by atoms with E-state index in [4.69, 9.17) is 23.2 Å². The monoisotopic (exact) mass is 640 g/mol. The van der Waals surface area contributed by atoms with Crippen LogP contribution in [0.2, 0.25) is 10.0 Å². The SMILES string of the molecule is O=c1nc(-c2ccc(Cl)cc2)c2c(=O)nc(-c3ccc(Cl)cc3)c1=2.O=c1nc(-c2ccccc2)c2c(=O)nc(-c3ccccc3)c1=2. The van der Waals surface area contributed by atoms with E-state index < -0.39 is 22.2 Å². The lowest BCUT2D eigenvalue weighted by Gasteiger charge is -1.96. The molecule has 4 aliphatic heterocycles. The summed E-state index contributed by atoms with van der Waals surface area (Å²) in [6.07, 6.45) is 0. The van der Waals surface area contributed by atoms with Gasteiger partial charge in [0.2, 0.25) is 0 Å². The topological polar surface area (TPSA) is 120 Å². The molecule has 0 aliphatic carbocycles. The van der Waals surface area contributed by atoms with Gasteiger partial charge in [-0.25, -0.2) is 19.9 Å². The summed E-state index contributed by atoms with van der Waals surface area (Å²) in [5.74, 6) is 0. The molecule has 0 fully saturated rings. The van der Waals surface area contributed by atoms with Crippen molar-refractivity contribution in [3.63, 3.8) is 0 Å². The molecule has 4 aromatic carbocycles. The molecule has 0 spiro atoms. The fraction of sp³-hybridized carbons (Fsp3) is 0. The number of benzene rings is 4. The van der Waals surface area contributed by atoms with Crippen LogP contribution in [0.5, 0.6) is 0 Å². The van der Waals surface area contributed by atoms with Crippen molar-refractivity contribution in [2.24, 2.45) is 0 Å². The molecule has 46 heavy (non-hydrogen) atoms. The van der Waals surface area contributed by atoms with E-state index >= 15 is 0 Å². The molecular formula is C36H18Cl2N4O4. The molecule has 4 aromatic rings. The molecule has 0 aromatic heterocycles. The van der Waals surface area contributed by atoms with Crippen LogP contribution in [0.1, 0.15) is 0 Å². The predicted molar refractivity (Wildman–Crippen MR) is 176 cm³/mol. The van der Waals surface area contributed by atoms with Gasteiger partial charge in [0.15, 0.2) is 0 Å². The second-order valence-electron chi connectivity index (χ2n) is 10.3. The van der Waals surface area contributed by atoms with Crippen LogP contribution in [0.3, 0.4) is 0 Å². The Morgan fingerprint density at radius 2 is 0.565 bits per heavy atom. The van der Waals surface area contributed by atoms with Gasteiger partial charge in [0.1, 0.15) is 0 Å². The van der Waals surface area contributed by atoms with Crippen molar-refractivity contribution in [1.29, 1.82) is 0 Å². The van der Waals surface area contributed by atoms with Crippen molar-refractivity contribution < 1.29 is 0 Å². The van der Waals surface area contributed by atoms with Crippen molar-refractivity contribution in [2.45, 2.75) is 0 Å². The maximum Gasteiger partial charge on any atom is 0.280 e. The molecule has 0 amide bonds. The van der Waals surface area contributed by atoms with Crippen molar-refractivity contribution >= 4 is 23.2 Å². The van der Waals surface area contributed by atoms with Crippen LogP contribution in [0.4, 0.5) is 0 Å². The normalized spacial score (nSPS) is 11.2. The second kappa shape index (κ2) is 11.7. The van der Waals surface area contributed by atoms with Crippen molar-refractivity contribution in [3.8, 4) is 45.0 Å². The lowest BCUT2D eigenvalue weighted by molar-refractivity contribution is 1.23. The Hall–Kier alpha value is -5.70. The van der Waals surface area contributed by atoms with Crippen LogP contribution in [-0.2, 0) is 0 Å². The molecule has 10 heteroatoms. The molecule has 0 radical (unpaired) electrons. The first-order valence-electron chi connectivity index (χ1n) is 13.9. The summed E-state index contributed by atoms with van der Waals surface area (Å²) in [5, 5.41) is 2.24. The zero-order valence-electron chi connectivity index (χ0n) is 23.6. The zero-order valence-corrected chi connectivity index (χ0v) is 25.1. The van der Waals surface area contributed by atoms with Gasteiger partial charge in [-0.3, -0.25) is 19.2 Å². The molecule has 8 nitrogen and oxygen atoms in total. The quantitative estimate of drug-likeness (QED) is 0.245. The Kier molecular flexibility index (Phi) is 7.36. The maximum atomic E-state index is 12.4. The predicted octanol–water partition coefficient (Wildman–Crippen LogP) is 5.57. The van der Waals surface area contributed by atoms with Crippen molar-refractivity contribution in [1.82, 2.24) is 19.9 Å². The van der Waals surface area contributed by atoms with E-state index in [9.17, 15) is 19.2 Å². The third-order valence-electron chi connectivity index (χ3n) is 7.49. The van der Waals surface area contributed by atoms with Gasteiger partial charge in [-0.05, 0) is 24.3 Å². The summed E-state index contributed by atoms with van der Waals surface area (Å²) in [4.78, 5) is 65.6. The fourth-order valence-electron chi connectivity index (χ4n) is 5.40. The minimum Gasteiger partial charge on any atom is -0.267 e. The van der Waals surface area contributed by atoms with Gasteiger partial charge >= 0.3 is 0 Å². The van der Waals surface area contributed by atoms with E-state index in [0.29, 0.717) is 54.4 Å². The first-order chi connectivity index (χ1) is 22.3. The lowest BCUT2D eigenvalue weighted by Crippen LogP contribution is -2.04. The molecule has 0 atom stereocenters. The van der Waals surface area contributed by atoms with Crippen LogP contribution < -0.4 is 22.2 Å². The van der Waals surface area contributed by atoms with E-state index in [1.54, 1.807) is 48.5 Å². The van der Waals surface area contributed by atoms with E-state index in [1.165, 1.54) is 0 Å². The average molecular weight is 641 g/mol. The first kappa shape index (κ1) is 29.0. The Balaban J connectivity index is 0.000000147. The highest BCUT2D eigenvalue weighted by molar-refractivity contribution is 6.30. The molecule has 220 valence electrons. The standard InChI is InChI=1S/C18H8Cl2N2O2.C18H10N2O2/c19-11-5-1-9(2-6-11)15-13-14(18(24)21-15)16(22-17(13)23)10-3-7-12(20)8-4-10;21-17-13-14(16(20-17)12-9-5-2-6-10-12)18(22)19-15(13)11-7-3-1-4-8-11/h1-8H;1-10H. The first-order valence-corrected chi connectivity index (χ1v) is 14.7. The van der Waals surface area contributed by atoms with Gasteiger partial charge in [0, 0.05) is 32.3 Å². The summed E-state index contributed by atoms with van der Waals surface area (Å²) < 4.78 is 0. The number of rotatable bonds is 4. The highest BCUT2D eigenvalue weighted by atomic mass is 35.5. The van der Waals surface area contributed by atoms with E-state index in [-0.39, 0.29) is 10.4 Å². The van der Waals surface area contributed by atoms with E-state index in [0.717, 1.165) is 11.1 Å². The van der Waals surface area contributed by atoms with Crippen LogP contribution in [-0.4, -0.2) is 19.9 Å². The zero-order chi connectivity index (χ0) is 31.9. The molecule has 4 aliphatic rings. The Labute approximate surface area is 269 Å². The largest absolute Gasteiger partial charge is 0.280 e. The Morgan fingerprint density at radius 3 is 0.826 bits per heavy atom. The fourth-order valence-corrected chi connectivity index (χ4v) is 5.65. The number of nitrogens with zero attached hydrogens (tertiary/aromatic N) is 4. The van der Waals surface area contributed by atoms with Gasteiger partial charge in [-0.15, -0.1) is 0 Å². The van der Waals surface area contributed by atoms with Gasteiger partial charge in [-0.2, -0.15) is 0 Å². The summed E-state index contributed by atoms with van der Waals surface area (Å²) in [7, 11) is 0. The van der Waals surface area contributed by atoms with E-state index in [2.05, 4.69) is 19.9 Å². The minimum absolute atomic E-state index is 0.243. The lowest BCUT2D eigenvalue weighted by atomic mass is 10.1. The van der Waals surface area contributed by atoms with Crippen LogP contribution in [0.25, 0.3) is 45.0 Å². The smallest absolute Gasteiger partial charge is 0.267 e. The van der Waals surface area contributed by atoms with Crippen molar-refractivity contribution in [3.05, 3.63) is 182 Å². The van der Waals surface area contributed by atoms with Gasteiger partial charge in [0.05, 0.1) is 43.7 Å².